The van der Waals surface area contributed by atoms with Crippen molar-refractivity contribution in [1.82, 2.24) is 0 Å². The predicted molar refractivity (Wildman–Crippen MR) is 353 cm³/mol. The molecule has 0 rings (SSSR count). The molecule has 0 saturated heterocycles. The van der Waals surface area contributed by atoms with E-state index in [1.807, 2.05) is 0 Å². The molecule has 6 heteroatoms. The monoisotopic (exact) mass is 1130 g/mol. The average molecular weight is 1130 g/mol. The van der Waals surface area contributed by atoms with Crippen LogP contribution in [0.15, 0.2) is 60.8 Å². The molecule has 0 N–H and O–H groups in total. The van der Waals surface area contributed by atoms with Crippen LogP contribution in [0.4, 0.5) is 0 Å². The first-order chi connectivity index (χ1) is 40.0. The fourth-order valence-corrected chi connectivity index (χ4v) is 10.7. The van der Waals surface area contributed by atoms with E-state index in [2.05, 4.69) is 81.5 Å². The minimum Gasteiger partial charge on any atom is -0.462 e. The van der Waals surface area contributed by atoms with Gasteiger partial charge < -0.3 is 14.2 Å². The van der Waals surface area contributed by atoms with Gasteiger partial charge in [-0.3, -0.25) is 14.4 Å². The summed E-state index contributed by atoms with van der Waals surface area (Å²) >= 11 is 0. The molecule has 0 radical (unpaired) electrons. The third-order valence-electron chi connectivity index (χ3n) is 16.0. The number of hydrogen-bond donors (Lipinski definition) is 0. The highest BCUT2D eigenvalue weighted by atomic mass is 16.6. The van der Waals surface area contributed by atoms with Crippen LogP contribution in [0.25, 0.3) is 0 Å². The molecule has 472 valence electrons. The van der Waals surface area contributed by atoms with Crippen molar-refractivity contribution in [2.75, 3.05) is 13.2 Å². The van der Waals surface area contributed by atoms with Gasteiger partial charge in [0, 0.05) is 19.3 Å². The lowest BCUT2D eigenvalue weighted by Crippen LogP contribution is -2.30. The van der Waals surface area contributed by atoms with Crippen molar-refractivity contribution in [1.29, 1.82) is 0 Å². The molecular formula is C75H136O6. The molecule has 0 aliphatic heterocycles. The summed E-state index contributed by atoms with van der Waals surface area (Å²) in [4.78, 5) is 38.3. The highest BCUT2D eigenvalue weighted by molar-refractivity contribution is 5.71. The number of allylic oxidation sites excluding steroid dienone is 10. The summed E-state index contributed by atoms with van der Waals surface area (Å²) in [6.45, 7) is 6.55. The molecule has 0 bridgehead atoms. The summed E-state index contributed by atoms with van der Waals surface area (Å²) in [6, 6.07) is 0. The van der Waals surface area contributed by atoms with Crippen molar-refractivity contribution < 1.29 is 28.6 Å². The van der Waals surface area contributed by atoms with Crippen LogP contribution < -0.4 is 0 Å². The SMILES string of the molecule is CC/C=C\C/C=C\C/C=C\CCCCCC(=O)OCC(COC(=O)CCCCCCCCCCCCCCCCCCCCCCCCC/C=C\C/C=C\CCCCCCC)OC(=O)CCCCCCCCCCCCCCCCC. The molecule has 81 heavy (non-hydrogen) atoms. The Kier molecular flexibility index (Phi) is 67.1. The van der Waals surface area contributed by atoms with Crippen LogP contribution in [0.1, 0.15) is 380 Å². The highest BCUT2D eigenvalue weighted by Gasteiger charge is 2.19. The van der Waals surface area contributed by atoms with Crippen LogP contribution in [0.5, 0.6) is 0 Å². The maximum absolute atomic E-state index is 12.9. The molecule has 1 unspecified atom stereocenters. The zero-order valence-electron chi connectivity index (χ0n) is 54.3. The average Bonchev–Trinajstić information content (AvgIpc) is 3.46. The van der Waals surface area contributed by atoms with Crippen molar-refractivity contribution in [2.45, 2.75) is 386 Å². The Morgan fingerprint density at radius 1 is 0.259 bits per heavy atom. The minimum absolute atomic E-state index is 0.0781. The molecule has 0 aliphatic rings. The van der Waals surface area contributed by atoms with Crippen molar-refractivity contribution in [3.63, 3.8) is 0 Å². The first kappa shape index (κ1) is 78.1. The van der Waals surface area contributed by atoms with E-state index in [0.29, 0.717) is 19.3 Å². The largest absolute Gasteiger partial charge is 0.462 e. The lowest BCUT2D eigenvalue weighted by Gasteiger charge is -2.18. The number of carbonyl (C=O) groups is 3. The second kappa shape index (κ2) is 69.6. The molecule has 0 spiro atoms. The van der Waals surface area contributed by atoms with E-state index in [1.165, 1.54) is 250 Å². The van der Waals surface area contributed by atoms with Gasteiger partial charge in [0.05, 0.1) is 0 Å². The molecule has 0 aromatic rings. The van der Waals surface area contributed by atoms with Gasteiger partial charge in [-0.1, -0.05) is 338 Å². The minimum atomic E-state index is -0.783. The van der Waals surface area contributed by atoms with Gasteiger partial charge in [-0.25, -0.2) is 0 Å². The first-order valence-corrected chi connectivity index (χ1v) is 35.8. The van der Waals surface area contributed by atoms with Crippen LogP contribution in [0.2, 0.25) is 0 Å². The third-order valence-corrected chi connectivity index (χ3v) is 16.0. The fourth-order valence-electron chi connectivity index (χ4n) is 10.7. The van der Waals surface area contributed by atoms with Gasteiger partial charge in [-0.15, -0.1) is 0 Å². The van der Waals surface area contributed by atoms with Crippen LogP contribution in [0, 0.1) is 0 Å². The molecule has 0 aromatic carbocycles. The summed E-state index contributed by atoms with van der Waals surface area (Å²) in [5.41, 5.74) is 0. The zero-order valence-corrected chi connectivity index (χ0v) is 54.3. The molecule has 6 nitrogen and oxygen atoms in total. The normalized spacial score (nSPS) is 12.4. The Hall–Kier alpha value is -2.89. The summed E-state index contributed by atoms with van der Waals surface area (Å²) in [5.74, 6) is -0.886. The molecule has 0 saturated carbocycles. The number of hydrogen-bond acceptors (Lipinski definition) is 6. The summed E-state index contributed by atoms with van der Waals surface area (Å²) in [7, 11) is 0. The molecule has 0 aliphatic carbocycles. The predicted octanol–water partition coefficient (Wildman–Crippen LogP) is 24.7. The maximum Gasteiger partial charge on any atom is 0.306 e. The Morgan fingerprint density at radius 3 is 0.765 bits per heavy atom. The number of unbranched alkanes of at least 4 members (excludes halogenated alkanes) is 45. The quantitative estimate of drug-likeness (QED) is 0.0261. The second-order valence-corrected chi connectivity index (χ2v) is 24.1. The van der Waals surface area contributed by atoms with E-state index < -0.39 is 6.10 Å². The van der Waals surface area contributed by atoms with Gasteiger partial charge in [-0.2, -0.15) is 0 Å². The topological polar surface area (TPSA) is 78.9 Å². The molecule has 0 heterocycles. The van der Waals surface area contributed by atoms with Crippen LogP contribution >= 0.6 is 0 Å². The Morgan fingerprint density at radius 2 is 0.481 bits per heavy atom. The second-order valence-electron chi connectivity index (χ2n) is 24.1. The Labute approximate surface area is 504 Å². The Bertz CT molecular complexity index is 1440. The lowest BCUT2D eigenvalue weighted by atomic mass is 10.0. The zero-order chi connectivity index (χ0) is 58.5. The van der Waals surface area contributed by atoms with Gasteiger partial charge in [-0.05, 0) is 83.5 Å². The van der Waals surface area contributed by atoms with E-state index in [1.54, 1.807) is 0 Å². The number of ether oxygens (including phenoxy) is 3. The van der Waals surface area contributed by atoms with E-state index in [4.69, 9.17) is 14.2 Å². The van der Waals surface area contributed by atoms with Gasteiger partial charge in [0.15, 0.2) is 6.10 Å². The van der Waals surface area contributed by atoms with Crippen molar-refractivity contribution in [2.24, 2.45) is 0 Å². The molecular weight excluding hydrogens is 997 g/mol. The third kappa shape index (κ3) is 67.8. The summed E-state index contributed by atoms with van der Waals surface area (Å²) in [5, 5.41) is 0. The van der Waals surface area contributed by atoms with Gasteiger partial charge in [0.1, 0.15) is 13.2 Å². The maximum atomic E-state index is 12.9. The smallest absolute Gasteiger partial charge is 0.306 e. The van der Waals surface area contributed by atoms with Crippen LogP contribution in [0.3, 0.4) is 0 Å². The summed E-state index contributed by atoms with van der Waals surface area (Å²) < 4.78 is 16.9. The van der Waals surface area contributed by atoms with E-state index >= 15 is 0 Å². The van der Waals surface area contributed by atoms with E-state index in [0.717, 1.165) is 89.9 Å². The van der Waals surface area contributed by atoms with E-state index in [-0.39, 0.29) is 31.1 Å². The van der Waals surface area contributed by atoms with Gasteiger partial charge in [0.2, 0.25) is 0 Å². The van der Waals surface area contributed by atoms with Crippen LogP contribution in [-0.2, 0) is 28.6 Å². The summed E-state index contributed by atoms with van der Waals surface area (Å²) in [6.07, 6.45) is 89.9. The molecule has 1 atom stereocenters. The van der Waals surface area contributed by atoms with E-state index in [9.17, 15) is 14.4 Å². The van der Waals surface area contributed by atoms with Crippen LogP contribution in [-0.4, -0.2) is 37.2 Å². The molecule has 0 aromatic heterocycles. The van der Waals surface area contributed by atoms with Crippen molar-refractivity contribution in [3.8, 4) is 0 Å². The lowest BCUT2D eigenvalue weighted by molar-refractivity contribution is -0.167. The fraction of sp³-hybridized carbons (Fsp3) is 0.827. The highest BCUT2D eigenvalue weighted by Crippen LogP contribution is 2.18. The first-order valence-electron chi connectivity index (χ1n) is 35.8. The van der Waals surface area contributed by atoms with Crippen molar-refractivity contribution >= 4 is 17.9 Å². The molecule has 0 amide bonds. The number of carbonyl (C=O) groups excluding carboxylic acids is 3. The Balaban J connectivity index is 4.07. The van der Waals surface area contributed by atoms with Crippen molar-refractivity contribution in [3.05, 3.63) is 60.8 Å². The number of rotatable bonds is 66. The van der Waals surface area contributed by atoms with Gasteiger partial charge >= 0.3 is 17.9 Å². The van der Waals surface area contributed by atoms with Gasteiger partial charge in [0.25, 0.3) is 0 Å². The standard InChI is InChI=1S/C75H136O6/c1-4-7-10-13-16-19-22-25-27-28-29-30-31-32-33-34-35-36-37-38-39-40-41-42-43-44-45-46-48-50-53-56-59-62-65-68-74(77)80-71-72(70-79-73(76)67-64-61-58-55-52-49-24-21-18-15-12-9-6-3)81-75(78)69-66-63-60-57-54-51-47-26-23-20-17-14-11-8-5-2/h9,12,18,21-22,25,28-29,49,52,72H,4-8,10-11,13-17,19-20,23-24,26-27,30-48,50-51,53-71H2,1-3H3/b12-9-,21-18-,25-22-,29-28-,52-49-. The molecule has 0 fully saturated rings. The number of esters is 3.